The van der Waals surface area contributed by atoms with Crippen molar-refractivity contribution in [2.45, 2.75) is 287 Å². The molecule has 0 spiro atoms. The van der Waals surface area contributed by atoms with Crippen molar-refractivity contribution in [1.82, 2.24) is 0 Å². The molecule has 22 rings (SSSR count). The fourth-order valence-corrected chi connectivity index (χ4v) is 21.0. The molecule has 0 bridgehead atoms. The van der Waals surface area contributed by atoms with E-state index in [-0.39, 0.29) is 24.1 Å². The number of methoxy groups -OCH3 is 4. The standard InChI is InChI=1S/C26H32O4.C25H28O4.2C24H26O4.C22H24O4/c1-16-8-12-20(17-9-10-17)23(19-11-13-21-18(15-19)7-6-14-29-21)22(16)24(25(27)28-5)30-26(2,3)4;1-15-5-11-20(16-6-7-16)23(18-8-12-21-17(14-18)4-3-13-28-21)22(15)24(25(26)27-2)29-19-9-10-19;1-14-4-10-19(15-5-6-15)22(21(14)23(24(25)26)28-18-8-9-18)17-7-11-20-16(13-17)3-2-12-27-20;1-4-27-23(24(25)26-3)21-15(2)7-11-19(16-8-9-16)22(21)18-10-12-20-17(14-18)6-5-13-28-20;1-13-5-9-17(14-6-7-14)20(19(13)21(23)22(24)25-2)16-8-10-18-15(12-16)4-3-11-26-18/h8,11-13,15,17,24H,6-7,9-10,14H2,1-5H3;5,8,11-12,14,16,19,24H,3-4,6-7,9-10,13H2,1-2H3;4,7,10-11,13,15,18,23H,2-3,5-6,8-9,12H2,1H3,(H,25,26);4,7,10-12,14,16,23H,1,5-6,8-9,13H2,2-3H3;5,8-10,12,14,21,23H,3-4,6-7,11H2,1-2H3. The summed E-state index contributed by atoms with van der Waals surface area (Å²) in [6, 6.07) is 53.2. The second-order valence-electron chi connectivity index (χ2n) is 41.1. The van der Waals surface area contributed by atoms with E-state index in [9.17, 15) is 34.2 Å². The molecular formula is C121H136O20. The Balaban J connectivity index is 0.000000117. The molecule has 5 atom stereocenters. The van der Waals surface area contributed by atoms with Crippen LogP contribution in [0.3, 0.4) is 0 Å². The molecule has 0 radical (unpaired) electrons. The number of hydrogen-bond acceptors (Lipinski definition) is 19. The molecule has 5 heterocycles. The number of carboxylic acids is 1. The molecule has 0 amide bonds. The molecule has 740 valence electrons. The average molecular weight is 1910 g/mol. The monoisotopic (exact) mass is 1910 g/mol. The minimum atomic E-state index is -1.28. The number of carbonyl (C=O) groups excluding carboxylic acids is 4. The lowest BCUT2D eigenvalue weighted by molar-refractivity contribution is -0.164. The first-order chi connectivity index (χ1) is 68.3. The lowest BCUT2D eigenvalue weighted by Crippen LogP contribution is -2.29. The van der Waals surface area contributed by atoms with Gasteiger partial charge in [0.15, 0.2) is 24.4 Å². The number of ether oxygens (including phenoxy) is 13. The van der Waals surface area contributed by atoms with Crippen molar-refractivity contribution in [2.75, 3.05) is 61.5 Å². The van der Waals surface area contributed by atoms with E-state index in [1.807, 2.05) is 71.9 Å². The fraction of sp³-hybridized carbons (Fsp3) is 0.446. The van der Waals surface area contributed by atoms with E-state index in [4.69, 9.17) is 61.6 Å². The zero-order chi connectivity index (χ0) is 98.6. The number of benzene rings is 10. The minimum Gasteiger partial charge on any atom is -0.493 e. The number of aliphatic hydroxyl groups excluding tert-OH is 1. The number of carbonyl (C=O) groups is 5. The molecule has 10 aromatic rings. The highest BCUT2D eigenvalue weighted by Crippen LogP contribution is 2.56. The van der Waals surface area contributed by atoms with Crippen LogP contribution in [-0.4, -0.2) is 119 Å². The zero-order valence-electron chi connectivity index (χ0n) is 83.9. The molecule has 0 saturated heterocycles. The Morgan fingerprint density at radius 3 is 0.844 bits per heavy atom. The third-order valence-electron chi connectivity index (χ3n) is 29.2. The van der Waals surface area contributed by atoms with Crippen molar-refractivity contribution < 1.29 is 95.8 Å². The number of rotatable bonds is 27. The number of aryl methyl sites for hydroxylation is 10. The van der Waals surface area contributed by atoms with Crippen molar-refractivity contribution in [1.29, 1.82) is 0 Å². The third kappa shape index (κ3) is 22.9. The highest BCUT2D eigenvalue weighted by Gasteiger charge is 2.43. The lowest BCUT2D eigenvalue weighted by Gasteiger charge is -2.30. The van der Waals surface area contributed by atoms with Gasteiger partial charge in [-0.25, -0.2) is 24.0 Å². The Labute approximate surface area is 829 Å². The van der Waals surface area contributed by atoms with Crippen molar-refractivity contribution in [2.24, 2.45) is 0 Å². The van der Waals surface area contributed by atoms with Gasteiger partial charge in [-0.15, -0.1) is 0 Å². The second kappa shape index (κ2) is 43.4. The van der Waals surface area contributed by atoms with Crippen LogP contribution in [0.25, 0.3) is 55.6 Å². The molecular weight excluding hydrogens is 1770 g/mol. The molecule has 12 aliphatic rings. The number of carboxylic acid groups (broad SMARTS) is 1. The molecule has 0 aromatic heterocycles. The van der Waals surface area contributed by atoms with Crippen LogP contribution in [0.2, 0.25) is 0 Å². The molecule has 141 heavy (non-hydrogen) atoms. The topological polar surface area (TPSA) is 246 Å². The van der Waals surface area contributed by atoms with Crippen molar-refractivity contribution in [3.8, 4) is 84.4 Å². The van der Waals surface area contributed by atoms with Gasteiger partial charge in [0, 0.05) is 27.8 Å². The molecule has 2 N–H and O–H groups in total. The predicted octanol–water partition coefficient (Wildman–Crippen LogP) is 25.6. The first-order valence-corrected chi connectivity index (χ1v) is 51.2. The second-order valence-corrected chi connectivity index (χ2v) is 41.1. The molecule has 7 fully saturated rings. The van der Waals surface area contributed by atoms with Crippen LogP contribution in [-0.2, 0) is 94.0 Å². The fourth-order valence-electron chi connectivity index (χ4n) is 21.0. The van der Waals surface area contributed by atoms with Gasteiger partial charge < -0.3 is 71.8 Å². The maximum atomic E-state index is 12.9. The third-order valence-corrected chi connectivity index (χ3v) is 29.2. The minimum absolute atomic E-state index is 0.0786. The van der Waals surface area contributed by atoms with Crippen LogP contribution >= 0.6 is 0 Å². The summed E-state index contributed by atoms with van der Waals surface area (Å²) in [6.07, 6.45) is 23.0. The summed E-state index contributed by atoms with van der Waals surface area (Å²) in [5.74, 6) is 4.88. The molecule has 5 aliphatic heterocycles. The van der Waals surface area contributed by atoms with Crippen LogP contribution in [0.1, 0.15) is 314 Å². The number of hydrogen-bond donors (Lipinski definition) is 2. The quantitative estimate of drug-likeness (QED) is 0.0276. The first-order valence-electron chi connectivity index (χ1n) is 51.2. The smallest absolute Gasteiger partial charge is 0.351 e. The van der Waals surface area contributed by atoms with Crippen LogP contribution in [0.15, 0.2) is 165 Å². The van der Waals surface area contributed by atoms with Gasteiger partial charge in [-0.2, -0.15) is 0 Å². The van der Waals surface area contributed by atoms with Gasteiger partial charge in [-0.1, -0.05) is 97.6 Å². The van der Waals surface area contributed by atoms with E-state index in [1.165, 1.54) is 142 Å². The Kier molecular flexibility index (Phi) is 30.5. The van der Waals surface area contributed by atoms with E-state index in [0.717, 1.165) is 270 Å². The molecule has 7 saturated carbocycles. The van der Waals surface area contributed by atoms with Crippen LogP contribution < -0.4 is 23.7 Å². The van der Waals surface area contributed by atoms with Gasteiger partial charge in [0.25, 0.3) is 0 Å². The summed E-state index contributed by atoms with van der Waals surface area (Å²) in [4.78, 5) is 62.5. The molecule has 5 unspecified atom stereocenters. The predicted molar refractivity (Wildman–Crippen MR) is 544 cm³/mol. The lowest BCUT2D eigenvalue weighted by atomic mass is 9.85. The van der Waals surface area contributed by atoms with E-state index >= 15 is 0 Å². The molecule has 7 aliphatic carbocycles. The molecule has 20 heteroatoms. The summed E-state index contributed by atoms with van der Waals surface area (Å²) in [7, 11) is 5.57. The Morgan fingerprint density at radius 2 is 0.582 bits per heavy atom. The number of esters is 4. The van der Waals surface area contributed by atoms with Crippen LogP contribution in [0.5, 0.6) is 28.7 Å². The van der Waals surface area contributed by atoms with E-state index < -0.39 is 54.0 Å². The van der Waals surface area contributed by atoms with Crippen LogP contribution in [0, 0.1) is 34.6 Å². The van der Waals surface area contributed by atoms with E-state index in [0.29, 0.717) is 35.2 Å². The van der Waals surface area contributed by atoms with Gasteiger partial charge in [-0.05, 0) is 439 Å². The summed E-state index contributed by atoms with van der Waals surface area (Å²) < 4.78 is 73.3. The van der Waals surface area contributed by atoms with Crippen molar-refractivity contribution in [3.63, 3.8) is 0 Å². The zero-order valence-corrected chi connectivity index (χ0v) is 83.9. The largest absolute Gasteiger partial charge is 0.493 e. The van der Waals surface area contributed by atoms with E-state index in [2.05, 4.69) is 142 Å². The summed E-state index contributed by atoms with van der Waals surface area (Å²) in [6.45, 7) is 23.5. The number of aliphatic carboxylic acids is 1. The number of fused-ring (bicyclic) bond motifs is 5. The maximum Gasteiger partial charge on any atom is 0.351 e. The highest BCUT2D eigenvalue weighted by atomic mass is 16.6. The Hall–Kier alpha value is -12.1. The van der Waals surface area contributed by atoms with Gasteiger partial charge in [-0.3, -0.25) is 0 Å². The summed E-state index contributed by atoms with van der Waals surface area (Å²) in [5, 5.41) is 20.7. The first kappa shape index (κ1) is 99.1. The van der Waals surface area contributed by atoms with Gasteiger partial charge >= 0.3 is 29.8 Å². The van der Waals surface area contributed by atoms with Gasteiger partial charge in [0.05, 0.1) is 85.5 Å². The SMILES string of the molecule is C=COC(C(=O)OC)c1c(C)ccc(C2CC2)c1-c1ccc2c(c1)CCCO2.COC(=O)C(O)c1c(C)ccc(C2CC2)c1-c1ccc2c(c1)CCCO2.COC(=O)C(OC(C)(C)C)c1c(C)ccc(C2CC2)c1-c1ccc2c(c1)CCCO2.COC(=O)C(OC1CC1)c1c(C)ccc(C2CC2)c1-c1ccc2c(c1)CCCO2.Cc1ccc(C2CC2)c(-c2ccc3c(c2)CCCO3)c1C(OC1CC1)C(=O)O. The van der Waals surface area contributed by atoms with Gasteiger partial charge in [0.1, 0.15) is 28.7 Å². The Morgan fingerprint density at radius 1 is 0.333 bits per heavy atom. The van der Waals surface area contributed by atoms with E-state index in [1.54, 1.807) is 0 Å². The summed E-state index contributed by atoms with van der Waals surface area (Å²) in [5.41, 5.74) is 32.3. The number of aliphatic hydroxyl groups is 1. The van der Waals surface area contributed by atoms with Crippen molar-refractivity contribution in [3.05, 3.63) is 276 Å². The Bertz CT molecular complexity index is 6340. The van der Waals surface area contributed by atoms with Gasteiger partial charge in [0.2, 0.25) is 6.10 Å². The molecule has 20 nitrogen and oxygen atoms in total. The average Bonchev–Trinajstić information content (AvgIpc) is 1.13. The van der Waals surface area contributed by atoms with Crippen molar-refractivity contribution >= 4 is 29.8 Å². The normalized spacial score (nSPS) is 17.9. The molecule has 10 aromatic carbocycles. The van der Waals surface area contributed by atoms with Crippen LogP contribution in [0.4, 0.5) is 0 Å². The maximum absolute atomic E-state index is 12.9. The summed E-state index contributed by atoms with van der Waals surface area (Å²) >= 11 is 0. The highest BCUT2D eigenvalue weighted by molar-refractivity contribution is 5.90.